The summed E-state index contributed by atoms with van der Waals surface area (Å²) in [5.74, 6) is 0. The molecule has 3 heteroatoms. The van der Waals surface area contributed by atoms with Gasteiger partial charge in [-0.3, -0.25) is 5.41 Å². The minimum Gasteiger partial charge on any atom is -0.298 e. The van der Waals surface area contributed by atoms with Crippen molar-refractivity contribution in [2.45, 2.75) is 13.3 Å². The summed E-state index contributed by atoms with van der Waals surface area (Å²) < 4.78 is 0. The zero-order chi connectivity index (χ0) is 9.84. The molecule has 0 atom stereocenters. The molecule has 0 saturated heterocycles. The number of aryl methyl sites for hydroxylation is 1. The molecule has 13 heavy (non-hydrogen) atoms. The molecule has 1 aromatic rings. The molecular formula is C10H12ClNS. The first-order valence-electron chi connectivity index (χ1n) is 4.00. The average molecular weight is 214 g/mol. The van der Waals surface area contributed by atoms with E-state index in [1.165, 1.54) is 11.8 Å². The Labute approximate surface area is 88.0 Å². The molecule has 70 valence electrons. The minimum atomic E-state index is 0.667. The lowest BCUT2D eigenvalue weighted by atomic mass is 10.1. The van der Waals surface area contributed by atoms with E-state index in [-0.39, 0.29) is 0 Å². The lowest BCUT2D eigenvalue weighted by Crippen LogP contribution is -1.95. The van der Waals surface area contributed by atoms with Gasteiger partial charge in [-0.1, -0.05) is 23.7 Å². The van der Waals surface area contributed by atoms with E-state index in [4.69, 9.17) is 17.0 Å². The van der Waals surface area contributed by atoms with Crippen molar-refractivity contribution >= 4 is 28.4 Å². The Morgan fingerprint density at radius 3 is 2.77 bits per heavy atom. The molecular weight excluding hydrogens is 202 g/mol. The zero-order valence-corrected chi connectivity index (χ0v) is 9.30. The number of halogens is 1. The fourth-order valence-corrected chi connectivity index (χ4v) is 1.52. The Hall–Kier alpha value is -0.470. The Balaban J connectivity index is 2.79. The van der Waals surface area contributed by atoms with E-state index in [1.54, 1.807) is 0 Å². The Morgan fingerprint density at radius 2 is 2.23 bits per heavy atom. The molecule has 0 spiro atoms. The number of thioether (sulfide) groups is 1. The van der Waals surface area contributed by atoms with Gasteiger partial charge in [-0.25, -0.2) is 0 Å². The molecule has 0 amide bonds. The zero-order valence-electron chi connectivity index (χ0n) is 7.73. The monoisotopic (exact) mass is 213 g/mol. The fourth-order valence-electron chi connectivity index (χ4n) is 1.00. The summed E-state index contributed by atoms with van der Waals surface area (Å²) >= 11 is 7.43. The first kappa shape index (κ1) is 10.6. The van der Waals surface area contributed by atoms with Gasteiger partial charge in [-0.05, 0) is 30.4 Å². The maximum atomic E-state index is 7.52. The van der Waals surface area contributed by atoms with E-state index in [9.17, 15) is 0 Å². The Morgan fingerprint density at radius 1 is 1.54 bits per heavy atom. The van der Waals surface area contributed by atoms with Crippen molar-refractivity contribution in [3.05, 3.63) is 34.3 Å². The van der Waals surface area contributed by atoms with Crippen molar-refractivity contribution in [1.82, 2.24) is 0 Å². The predicted octanol–water partition coefficient (Wildman–Crippen LogP) is 3.53. The molecule has 0 radical (unpaired) electrons. The molecule has 0 saturated carbocycles. The van der Waals surface area contributed by atoms with Crippen molar-refractivity contribution in [1.29, 1.82) is 5.41 Å². The lowest BCUT2D eigenvalue weighted by molar-refractivity contribution is 1.30. The standard InChI is InChI=1S/C10H12ClNS/c1-7-3-4-8(5-9(7)11)6-10(12)13-2/h3-5,12H,6H2,1-2H3. The summed E-state index contributed by atoms with van der Waals surface area (Å²) in [6, 6.07) is 5.94. The van der Waals surface area contributed by atoms with Gasteiger partial charge in [0.15, 0.2) is 0 Å². The topological polar surface area (TPSA) is 23.9 Å². The molecule has 0 aliphatic carbocycles. The normalized spacial score (nSPS) is 10.1. The summed E-state index contributed by atoms with van der Waals surface area (Å²) in [6.07, 6.45) is 2.60. The van der Waals surface area contributed by atoms with Crippen LogP contribution in [0.5, 0.6) is 0 Å². The predicted molar refractivity (Wildman–Crippen MR) is 61.1 cm³/mol. The summed E-state index contributed by atoms with van der Waals surface area (Å²) in [5, 5.41) is 8.97. The van der Waals surface area contributed by atoms with Crippen LogP contribution in [-0.2, 0) is 6.42 Å². The third kappa shape index (κ3) is 3.05. The molecule has 1 aromatic carbocycles. The molecule has 0 aliphatic heterocycles. The molecule has 0 aliphatic rings. The second kappa shape index (κ2) is 4.68. The van der Waals surface area contributed by atoms with Crippen LogP contribution in [0.3, 0.4) is 0 Å². The maximum Gasteiger partial charge on any atom is 0.0682 e. The van der Waals surface area contributed by atoms with E-state index >= 15 is 0 Å². The minimum absolute atomic E-state index is 0.667. The van der Waals surface area contributed by atoms with Gasteiger partial charge < -0.3 is 0 Å². The molecule has 0 aromatic heterocycles. The van der Waals surface area contributed by atoms with Gasteiger partial charge in [0, 0.05) is 11.4 Å². The van der Waals surface area contributed by atoms with Crippen molar-refractivity contribution < 1.29 is 0 Å². The highest BCUT2D eigenvalue weighted by atomic mass is 35.5. The lowest BCUT2D eigenvalue weighted by Gasteiger charge is -2.03. The van der Waals surface area contributed by atoms with Crippen LogP contribution < -0.4 is 0 Å². The van der Waals surface area contributed by atoms with Crippen LogP contribution in [0.25, 0.3) is 0 Å². The summed E-state index contributed by atoms with van der Waals surface area (Å²) in [6.45, 7) is 1.98. The molecule has 1 N–H and O–H groups in total. The van der Waals surface area contributed by atoms with Crippen LogP contribution in [0.1, 0.15) is 11.1 Å². The highest BCUT2D eigenvalue weighted by Gasteiger charge is 2.00. The number of rotatable bonds is 2. The number of nitrogens with one attached hydrogen (secondary N) is 1. The highest BCUT2D eigenvalue weighted by Crippen LogP contribution is 2.18. The van der Waals surface area contributed by atoms with Crippen LogP contribution in [0.4, 0.5) is 0 Å². The molecule has 0 heterocycles. The van der Waals surface area contributed by atoms with Crippen LogP contribution in [-0.4, -0.2) is 11.3 Å². The van der Waals surface area contributed by atoms with Crippen LogP contribution in [0.2, 0.25) is 5.02 Å². The summed E-state index contributed by atoms with van der Waals surface area (Å²) in [5.41, 5.74) is 2.19. The molecule has 0 bridgehead atoms. The van der Waals surface area contributed by atoms with Crippen LogP contribution >= 0.6 is 23.4 Å². The van der Waals surface area contributed by atoms with E-state index < -0.39 is 0 Å². The summed E-state index contributed by atoms with van der Waals surface area (Å²) in [4.78, 5) is 0. The van der Waals surface area contributed by atoms with E-state index in [0.29, 0.717) is 11.5 Å². The van der Waals surface area contributed by atoms with Crippen molar-refractivity contribution in [3.63, 3.8) is 0 Å². The SMILES string of the molecule is CSC(=N)Cc1ccc(C)c(Cl)c1. The number of hydrogen-bond donors (Lipinski definition) is 1. The first-order valence-corrected chi connectivity index (χ1v) is 5.60. The van der Waals surface area contributed by atoms with E-state index in [0.717, 1.165) is 16.1 Å². The van der Waals surface area contributed by atoms with Crippen molar-refractivity contribution in [3.8, 4) is 0 Å². The molecule has 1 rings (SSSR count). The van der Waals surface area contributed by atoms with Gasteiger partial charge in [0.25, 0.3) is 0 Å². The maximum absolute atomic E-state index is 7.52. The molecule has 0 unspecified atom stereocenters. The van der Waals surface area contributed by atoms with E-state index in [1.807, 2.05) is 31.4 Å². The van der Waals surface area contributed by atoms with Gasteiger partial charge in [0.1, 0.15) is 0 Å². The van der Waals surface area contributed by atoms with E-state index in [2.05, 4.69) is 0 Å². The number of hydrogen-bond acceptors (Lipinski definition) is 2. The van der Waals surface area contributed by atoms with Gasteiger partial charge in [-0.2, -0.15) is 0 Å². The molecule has 0 fully saturated rings. The highest BCUT2D eigenvalue weighted by molar-refractivity contribution is 8.13. The second-order valence-electron chi connectivity index (χ2n) is 2.89. The van der Waals surface area contributed by atoms with Crippen LogP contribution in [0.15, 0.2) is 18.2 Å². The third-order valence-corrected chi connectivity index (χ3v) is 2.89. The molecule has 1 nitrogen and oxygen atoms in total. The quantitative estimate of drug-likeness (QED) is 0.590. The van der Waals surface area contributed by atoms with Gasteiger partial charge in [0.2, 0.25) is 0 Å². The number of benzene rings is 1. The average Bonchev–Trinajstić information content (AvgIpc) is 2.11. The summed E-state index contributed by atoms with van der Waals surface area (Å²) in [7, 11) is 0. The van der Waals surface area contributed by atoms with Gasteiger partial charge >= 0.3 is 0 Å². The first-order chi connectivity index (χ1) is 6.13. The Bertz CT molecular complexity index is 323. The largest absolute Gasteiger partial charge is 0.298 e. The fraction of sp³-hybridized carbons (Fsp3) is 0.300. The smallest absolute Gasteiger partial charge is 0.0682 e. The van der Waals surface area contributed by atoms with Crippen molar-refractivity contribution in [2.75, 3.05) is 6.26 Å². The second-order valence-corrected chi connectivity index (χ2v) is 4.20. The third-order valence-electron chi connectivity index (χ3n) is 1.85. The van der Waals surface area contributed by atoms with Crippen LogP contribution in [0, 0.1) is 12.3 Å². The van der Waals surface area contributed by atoms with Gasteiger partial charge in [0.05, 0.1) is 5.04 Å². The van der Waals surface area contributed by atoms with Crippen molar-refractivity contribution in [2.24, 2.45) is 0 Å². The Kier molecular flexibility index (Phi) is 3.82. The van der Waals surface area contributed by atoms with Gasteiger partial charge in [-0.15, -0.1) is 11.8 Å².